The average molecular weight is 282 g/mol. The fourth-order valence-electron chi connectivity index (χ4n) is 1.98. The molecular formula is C14H22N2O2S. The third kappa shape index (κ3) is 4.60. The van der Waals surface area contributed by atoms with E-state index in [-0.39, 0.29) is 11.2 Å². The predicted molar refractivity (Wildman–Crippen MR) is 77.2 cm³/mol. The van der Waals surface area contributed by atoms with E-state index in [4.69, 9.17) is 0 Å². The minimum absolute atomic E-state index is 0.0562. The minimum Gasteiger partial charge on any atom is -0.316 e. The maximum atomic E-state index is 12.0. The molecule has 0 radical (unpaired) electrons. The number of sulfonamides is 1. The van der Waals surface area contributed by atoms with Crippen LogP contribution in [-0.2, 0) is 22.3 Å². The molecule has 0 atom stereocenters. The number of rotatable bonds is 7. The Balaban J connectivity index is 1.96. The monoisotopic (exact) mass is 282 g/mol. The van der Waals surface area contributed by atoms with Gasteiger partial charge in [-0.05, 0) is 36.4 Å². The van der Waals surface area contributed by atoms with Gasteiger partial charge in [0.25, 0.3) is 0 Å². The molecule has 0 amide bonds. The second kappa shape index (κ2) is 5.61. The van der Waals surface area contributed by atoms with E-state index in [0.717, 1.165) is 30.5 Å². The van der Waals surface area contributed by atoms with Gasteiger partial charge in [0, 0.05) is 13.1 Å². The van der Waals surface area contributed by atoms with E-state index in [0.29, 0.717) is 6.54 Å². The van der Waals surface area contributed by atoms with Gasteiger partial charge in [0.05, 0.1) is 5.75 Å². The highest BCUT2D eigenvalue weighted by Gasteiger charge is 2.37. The highest BCUT2D eigenvalue weighted by molar-refractivity contribution is 7.88. The molecule has 106 valence electrons. The second-order valence-electron chi connectivity index (χ2n) is 5.74. The average Bonchev–Trinajstić information content (AvgIpc) is 3.06. The first-order valence-corrected chi connectivity index (χ1v) is 8.27. The van der Waals surface area contributed by atoms with E-state index >= 15 is 0 Å². The molecule has 1 aliphatic carbocycles. The molecule has 1 saturated carbocycles. The van der Waals surface area contributed by atoms with E-state index in [1.54, 1.807) is 0 Å². The smallest absolute Gasteiger partial charge is 0.215 e. The van der Waals surface area contributed by atoms with Crippen molar-refractivity contribution in [1.82, 2.24) is 10.0 Å². The van der Waals surface area contributed by atoms with Gasteiger partial charge in [-0.25, -0.2) is 13.1 Å². The van der Waals surface area contributed by atoms with Crippen LogP contribution in [0.1, 0.15) is 30.9 Å². The van der Waals surface area contributed by atoms with Crippen LogP contribution in [-0.4, -0.2) is 22.0 Å². The van der Waals surface area contributed by atoms with Crippen LogP contribution in [0.2, 0.25) is 0 Å². The van der Waals surface area contributed by atoms with Gasteiger partial charge in [0.2, 0.25) is 10.0 Å². The van der Waals surface area contributed by atoms with Crippen LogP contribution in [0.5, 0.6) is 0 Å². The normalized spacial score (nSPS) is 17.4. The topological polar surface area (TPSA) is 58.2 Å². The summed E-state index contributed by atoms with van der Waals surface area (Å²) in [6.45, 7) is 3.42. The van der Waals surface area contributed by atoms with Crippen LogP contribution in [0.15, 0.2) is 24.3 Å². The first kappa shape index (κ1) is 14.5. The molecule has 5 heteroatoms. The zero-order chi connectivity index (χ0) is 13.9. The van der Waals surface area contributed by atoms with E-state index in [9.17, 15) is 8.42 Å². The SMILES string of the molecule is CNCc1cccc(CS(=O)(=O)NCC2(C)CC2)c1. The molecule has 4 nitrogen and oxygen atoms in total. The van der Waals surface area contributed by atoms with Gasteiger partial charge in [0.1, 0.15) is 0 Å². The molecule has 2 rings (SSSR count). The van der Waals surface area contributed by atoms with Crippen molar-refractivity contribution in [2.45, 2.75) is 32.1 Å². The molecule has 1 fully saturated rings. The van der Waals surface area contributed by atoms with Crippen molar-refractivity contribution < 1.29 is 8.42 Å². The van der Waals surface area contributed by atoms with Crippen LogP contribution in [0.25, 0.3) is 0 Å². The lowest BCUT2D eigenvalue weighted by molar-refractivity contribution is 0.530. The Labute approximate surface area is 115 Å². The maximum absolute atomic E-state index is 12.0. The first-order valence-electron chi connectivity index (χ1n) is 6.62. The quantitative estimate of drug-likeness (QED) is 0.799. The summed E-state index contributed by atoms with van der Waals surface area (Å²) in [5.41, 5.74) is 2.13. The number of nitrogens with one attached hydrogen (secondary N) is 2. The molecule has 0 saturated heterocycles. The lowest BCUT2D eigenvalue weighted by Crippen LogP contribution is -2.30. The predicted octanol–water partition coefficient (Wildman–Crippen LogP) is 1.63. The number of hydrogen-bond acceptors (Lipinski definition) is 3. The van der Waals surface area contributed by atoms with E-state index in [1.807, 2.05) is 31.3 Å². The van der Waals surface area contributed by atoms with Gasteiger partial charge in [-0.2, -0.15) is 0 Å². The fraction of sp³-hybridized carbons (Fsp3) is 0.571. The number of hydrogen-bond donors (Lipinski definition) is 2. The van der Waals surface area contributed by atoms with E-state index in [1.165, 1.54) is 0 Å². The molecule has 0 bridgehead atoms. The van der Waals surface area contributed by atoms with Gasteiger partial charge >= 0.3 is 0 Å². The van der Waals surface area contributed by atoms with Gasteiger partial charge in [-0.1, -0.05) is 31.2 Å². The van der Waals surface area contributed by atoms with Crippen molar-refractivity contribution in [2.24, 2.45) is 5.41 Å². The summed E-state index contributed by atoms with van der Waals surface area (Å²) in [5, 5.41) is 3.06. The minimum atomic E-state index is -3.23. The van der Waals surface area contributed by atoms with Crippen molar-refractivity contribution in [3.05, 3.63) is 35.4 Å². The highest BCUT2D eigenvalue weighted by atomic mass is 32.2. The zero-order valence-corrected chi connectivity index (χ0v) is 12.4. The third-order valence-electron chi connectivity index (χ3n) is 3.55. The van der Waals surface area contributed by atoms with Gasteiger partial charge in [-0.3, -0.25) is 0 Å². The van der Waals surface area contributed by atoms with Crippen LogP contribution in [0, 0.1) is 5.41 Å². The summed E-state index contributed by atoms with van der Waals surface area (Å²) in [7, 11) is -1.35. The number of benzene rings is 1. The molecule has 0 unspecified atom stereocenters. The Morgan fingerprint density at radius 3 is 2.58 bits per heavy atom. The molecule has 1 aliphatic rings. The Morgan fingerprint density at radius 1 is 1.26 bits per heavy atom. The second-order valence-corrected chi connectivity index (χ2v) is 7.55. The Hall–Kier alpha value is -0.910. The summed E-state index contributed by atoms with van der Waals surface area (Å²) in [5.74, 6) is 0.0562. The van der Waals surface area contributed by atoms with Gasteiger partial charge < -0.3 is 5.32 Å². The molecule has 0 heterocycles. The molecular weight excluding hydrogens is 260 g/mol. The molecule has 0 aromatic heterocycles. The molecule has 19 heavy (non-hydrogen) atoms. The Bertz CT molecular complexity index is 536. The van der Waals surface area contributed by atoms with Crippen molar-refractivity contribution >= 4 is 10.0 Å². The summed E-state index contributed by atoms with van der Waals surface area (Å²) in [6.07, 6.45) is 2.24. The first-order chi connectivity index (χ1) is 8.92. The lowest BCUT2D eigenvalue weighted by Gasteiger charge is -2.11. The van der Waals surface area contributed by atoms with E-state index < -0.39 is 10.0 Å². The fourth-order valence-corrected chi connectivity index (χ4v) is 3.27. The summed E-state index contributed by atoms with van der Waals surface area (Å²) < 4.78 is 26.8. The van der Waals surface area contributed by atoms with Gasteiger partial charge in [-0.15, -0.1) is 0 Å². The molecule has 1 aromatic rings. The van der Waals surface area contributed by atoms with Crippen LogP contribution in [0.4, 0.5) is 0 Å². The molecule has 0 spiro atoms. The summed E-state index contributed by atoms with van der Waals surface area (Å²) in [6, 6.07) is 7.69. The summed E-state index contributed by atoms with van der Waals surface area (Å²) in [4.78, 5) is 0. The van der Waals surface area contributed by atoms with Gasteiger partial charge in [0.15, 0.2) is 0 Å². The molecule has 2 N–H and O–H groups in total. The third-order valence-corrected chi connectivity index (χ3v) is 4.85. The largest absolute Gasteiger partial charge is 0.316 e. The molecule has 1 aromatic carbocycles. The van der Waals surface area contributed by atoms with Crippen LogP contribution < -0.4 is 10.0 Å². The van der Waals surface area contributed by atoms with Crippen LogP contribution >= 0.6 is 0 Å². The highest BCUT2D eigenvalue weighted by Crippen LogP contribution is 2.44. The standard InChI is InChI=1S/C14H22N2O2S/c1-14(6-7-14)11-16-19(17,18)10-13-5-3-4-12(8-13)9-15-2/h3-5,8,15-16H,6-7,9-11H2,1-2H3. The Morgan fingerprint density at radius 2 is 1.95 bits per heavy atom. The summed E-state index contributed by atoms with van der Waals surface area (Å²) >= 11 is 0. The van der Waals surface area contributed by atoms with Crippen molar-refractivity contribution in [1.29, 1.82) is 0 Å². The van der Waals surface area contributed by atoms with Crippen molar-refractivity contribution in [3.63, 3.8) is 0 Å². The van der Waals surface area contributed by atoms with Crippen molar-refractivity contribution in [3.8, 4) is 0 Å². The Kier molecular flexibility index (Phi) is 4.28. The van der Waals surface area contributed by atoms with E-state index in [2.05, 4.69) is 17.0 Å². The lowest BCUT2D eigenvalue weighted by atomic mass is 10.1. The maximum Gasteiger partial charge on any atom is 0.215 e. The van der Waals surface area contributed by atoms with Crippen molar-refractivity contribution in [2.75, 3.05) is 13.6 Å². The van der Waals surface area contributed by atoms with Crippen LogP contribution in [0.3, 0.4) is 0 Å². The zero-order valence-electron chi connectivity index (χ0n) is 11.6. The molecule has 0 aliphatic heterocycles.